The first-order chi connectivity index (χ1) is 17.1. The van der Waals surface area contributed by atoms with E-state index in [4.69, 9.17) is 4.74 Å². The van der Waals surface area contributed by atoms with Crippen molar-refractivity contribution >= 4 is 0 Å². The molecule has 0 N–H and O–H groups in total. The highest BCUT2D eigenvalue weighted by atomic mass is 16.5. The lowest BCUT2D eigenvalue weighted by Gasteiger charge is -2.17. The van der Waals surface area contributed by atoms with Gasteiger partial charge in [0.15, 0.2) is 0 Å². The van der Waals surface area contributed by atoms with Gasteiger partial charge in [0.05, 0.1) is 24.2 Å². The predicted octanol–water partition coefficient (Wildman–Crippen LogP) is 6.12. The van der Waals surface area contributed by atoms with Crippen molar-refractivity contribution < 1.29 is 4.74 Å². The molecule has 0 amide bonds. The average Bonchev–Trinajstić information content (AvgIpc) is 3.29. The molecule has 0 spiro atoms. The zero-order valence-corrected chi connectivity index (χ0v) is 21.4. The van der Waals surface area contributed by atoms with Gasteiger partial charge in [0, 0.05) is 6.42 Å². The van der Waals surface area contributed by atoms with E-state index < -0.39 is 0 Å². The number of nitrogens with zero attached hydrogens (tertiary/aromatic N) is 4. The Labute approximate surface area is 209 Å². The summed E-state index contributed by atoms with van der Waals surface area (Å²) < 4.78 is 7.30. The quantitative estimate of drug-likeness (QED) is 0.266. The summed E-state index contributed by atoms with van der Waals surface area (Å²) in [6.45, 7) is 9.80. The lowest BCUT2D eigenvalue weighted by molar-refractivity contribution is 0.299. The molecule has 0 saturated heterocycles. The normalized spacial score (nSPS) is 11.2. The van der Waals surface area contributed by atoms with Gasteiger partial charge >= 0.3 is 0 Å². The Hall–Kier alpha value is -3.44. The summed E-state index contributed by atoms with van der Waals surface area (Å²) in [5.41, 5.74) is 8.19. The number of hydrogen-bond acceptors (Lipinski definition) is 4. The van der Waals surface area contributed by atoms with E-state index in [2.05, 4.69) is 96.6 Å². The molecule has 0 aliphatic carbocycles. The van der Waals surface area contributed by atoms with Gasteiger partial charge in [-0.2, -0.15) is 0 Å². The molecule has 0 fully saturated rings. The molecule has 0 saturated carbocycles. The maximum atomic E-state index is 5.29. The van der Waals surface area contributed by atoms with Gasteiger partial charge in [0.2, 0.25) is 0 Å². The molecule has 0 atom stereocenters. The van der Waals surface area contributed by atoms with Crippen LogP contribution in [0.5, 0.6) is 5.75 Å². The molecule has 182 valence electrons. The van der Waals surface area contributed by atoms with Gasteiger partial charge in [0.25, 0.3) is 0 Å². The van der Waals surface area contributed by atoms with E-state index >= 15 is 0 Å². The van der Waals surface area contributed by atoms with Crippen LogP contribution >= 0.6 is 0 Å². The monoisotopic (exact) mass is 468 g/mol. The van der Waals surface area contributed by atoms with Crippen LogP contribution in [0.1, 0.15) is 42.8 Å². The molecular formula is C30H36N4O. The number of benzene rings is 3. The Kier molecular flexibility index (Phi) is 8.32. The molecule has 1 aromatic heterocycles. The Morgan fingerprint density at radius 1 is 0.829 bits per heavy atom. The zero-order valence-electron chi connectivity index (χ0n) is 21.4. The van der Waals surface area contributed by atoms with Crippen molar-refractivity contribution in [1.29, 1.82) is 0 Å². The Balaban J connectivity index is 1.57. The molecule has 0 aliphatic heterocycles. The molecule has 5 nitrogen and oxygen atoms in total. The summed E-state index contributed by atoms with van der Waals surface area (Å²) in [5.74, 6) is 0.871. The second kappa shape index (κ2) is 11.8. The van der Waals surface area contributed by atoms with E-state index in [1.807, 2.05) is 16.8 Å². The van der Waals surface area contributed by atoms with Gasteiger partial charge in [0.1, 0.15) is 5.75 Å². The first-order valence-corrected chi connectivity index (χ1v) is 12.6. The van der Waals surface area contributed by atoms with Crippen LogP contribution in [-0.4, -0.2) is 46.6 Å². The third kappa shape index (κ3) is 6.17. The Morgan fingerprint density at radius 3 is 2.06 bits per heavy atom. The van der Waals surface area contributed by atoms with E-state index in [9.17, 15) is 0 Å². The van der Waals surface area contributed by atoms with Gasteiger partial charge in [-0.3, -0.25) is 0 Å². The van der Waals surface area contributed by atoms with Crippen molar-refractivity contribution in [2.24, 2.45) is 0 Å². The van der Waals surface area contributed by atoms with Crippen LogP contribution in [-0.2, 0) is 12.8 Å². The number of rotatable bonds is 11. The summed E-state index contributed by atoms with van der Waals surface area (Å²) in [7, 11) is 1.69. The van der Waals surface area contributed by atoms with Gasteiger partial charge in [-0.05, 0) is 80.4 Å². The van der Waals surface area contributed by atoms with E-state index in [1.54, 1.807) is 7.11 Å². The van der Waals surface area contributed by atoms with Crippen molar-refractivity contribution in [2.45, 2.75) is 40.0 Å². The van der Waals surface area contributed by atoms with Crippen LogP contribution in [0.2, 0.25) is 0 Å². The fraction of sp³-hybridized carbons (Fsp3) is 0.333. The van der Waals surface area contributed by atoms with Crippen LogP contribution in [0.25, 0.3) is 16.8 Å². The minimum Gasteiger partial charge on any atom is -0.497 e. The second-order valence-electron chi connectivity index (χ2n) is 8.96. The number of methoxy groups -OCH3 is 1. The minimum absolute atomic E-state index is 0.796. The van der Waals surface area contributed by atoms with E-state index in [0.29, 0.717) is 0 Å². The Morgan fingerprint density at radius 2 is 1.46 bits per heavy atom. The van der Waals surface area contributed by atoms with Gasteiger partial charge in [-0.1, -0.05) is 73.2 Å². The Bertz CT molecular complexity index is 1190. The smallest absolute Gasteiger partial charge is 0.118 e. The molecular weight excluding hydrogens is 432 g/mol. The maximum absolute atomic E-state index is 5.29. The average molecular weight is 469 g/mol. The van der Waals surface area contributed by atoms with Gasteiger partial charge in [-0.15, -0.1) is 5.10 Å². The predicted molar refractivity (Wildman–Crippen MR) is 143 cm³/mol. The third-order valence-electron chi connectivity index (χ3n) is 6.65. The standard InChI is InChI=1S/C30H36N4O/c1-5-33(6-2)21-7-8-29-30(34(32-31-29)27-17-9-23(3)10-18-27)22-24-11-13-25(14-12-24)26-15-19-28(35-4)20-16-26/h9-20H,5-8,21-22H2,1-4H3. The molecule has 5 heteroatoms. The summed E-state index contributed by atoms with van der Waals surface area (Å²) in [6, 6.07) is 25.5. The first-order valence-electron chi connectivity index (χ1n) is 12.6. The SMILES string of the molecule is CCN(CC)CCCc1nnn(-c2ccc(C)cc2)c1Cc1ccc(-c2ccc(OC)cc2)cc1. The van der Waals surface area contributed by atoms with Crippen molar-refractivity contribution in [1.82, 2.24) is 19.9 Å². The summed E-state index contributed by atoms with van der Waals surface area (Å²) in [6.07, 6.45) is 2.81. The number of ether oxygens (including phenoxy) is 1. The summed E-state index contributed by atoms with van der Waals surface area (Å²) in [4.78, 5) is 2.46. The van der Waals surface area contributed by atoms with Crippen molar-refractivity contribution in [2.75, 3.05) is 26.7 Å². The molecule has 4 rings (SSSR count). The van der Waals surface area contributed by atoms with Crippen molar-refractivity contribution in [3.05, 3.63) is 95.3 Å². The molecule has 35 heavy (non-hydrogen) atoms. The van der Waals surface area contributed by atoms with Crippen molar-refractivity contribution in [3.8, 4) is 22.6 Å². The topological polar surface area (TPSA) is 43.2 Å². The summed E-state index contributed by atoms with van der Waals surface area (Å²) in [5, 5.41) is 9.20. The minimum atomic E-state index is 0.796. The van der Waals surface area contributed by atoms with Crippen LogP contribution in [0, 0.1) is 6.92 Å². The molecule has 4 aromatic rings. The number of hydrogen-bond donors (Lipinski definition) is 0. The largest absolute Gasteiger partial charge is 0.497 e. The lowest BCUT2D eigenvalue weighted by atomic mass is 10.0. The molecule has 0 unspecified atom stereocenters. The van der Waals surface area contributed by atoms with E-state index in [1.165, 1.54) is 27.9 Å². The van der Waals surface area contributed by atoms with E-state index in [0.717, 1.165) is 56.0 Å². The molecule has 0 aliphatic rings. The lowest BCUT2D eigenvalue weighted by Crippen LogP contribution is -2.24. The number of aromatic nitrogens is 3. The van der Waals surface area contributed by atoms with Crippen LogP contribution in [0.15, 0.2) is 72.8 Å². The highest BCUT2D eigenvalue weighted by molar-refractivity contribution is 5.64. The summed E-state index contributed by atoms with van der Waals surface area (Å²) >= 11 is 0. The van der Waals surface area contributed by atoms with Gasteiger partial charge < -0.3 is 9.64 Å². The van der Waals surface area contributed by atoms with Crippen LogP contribution in [0.4, 0.5) is 0 Å². The molecule has 0 radical (unpaired) electrons. The van der Waals surface area contributed by atoms with E-state index in [-0.39, 0.29) is 0 Å². The van der Waals surface area contributed by atoms with Gasteiger partial charge in [-0.25, -0.2) is 4.68 Å². The first kappa shape index (κ1) is 24.7. The molecule has 1 heterocycles. The van der Waals surface area contributed by atoms with Crippen LogP contribution < -0.4 is 4.74 Å². The fourth-order valence-electron chi connectivity index (χ4n) is 4.40. The second-order valence-corrected chi connectivity index (χ2v) is 8.96. The number of aryl methyl sites for hydroxylation is 2. The highest BCUT2D eigenvalue weighted by Gasteiger charge is 2.15. The third-order valence-corrected chi connectivity index (χ3v) is 6.65. The van der Waals surface area contributed by atoms with Crippen molar-refractivity contribution in [3.63, 3.8) is 0 Å². The fourth-order valence-corrected chi connectivity index (χ4v) is 4.40. The molecule has 3 aromatic carbocycles. The molecule has 0 bridgehead atoms. The highest BCUT2D eigenvalue weighted by Crippen LogP contribution is 2.24. The van der Waals surface area contributed by atoms with Crippen LogP contribution in [0.3, 0.4) is 0 Å². The zero-order chi connectivity index (χ0) is 24.6. The maximum Gasteiger partial charge on any atom is 0.118 e.